The minimum Gasteiger partial charge on any atom is -0.295 e. The van der Waals surface area contributed by atoms with Crippen molar-refractivity contribution in [3.63, 3.8) is 0 Å². The van der Waals surface area contributed by atoms with Gasteiger partial charge in [0, 0.05) is 6.42 Å². The second-order valence-electron chi connectivity index (χ2n) is 7.07. The number of nitrogens with zero attached hydrogens (tertiary/aromatic N) is 1. The number of piperidine rings is 1. The number of imide groups is 2. The Morgan fingerprint density at radius 2 is 1.67 bits per heavy atom. The van der Waals surface area contributed by atoms with Crippen molar-refractivity contribution in [3.8, 4) is 0 Å². The summed E-state index contributed by atoms with van der Waals surface area (Å²) in [5.41, 5.74) is -0.163. The average Bonchev–Trinajstić information content (AvgIpc) is 2.69. The Morgan fingerprint density at radius 1 is 1.08 bits per heavy atom. The first kappa shape index (κ1) is 16.3. The number of fused-ring (bicyclic) bond motifs is 1. The zero-order valence-corrected chi connectivity index (χ0v) is 13.6. The van der Waals surface area contributed by atoms with Crippen LogP contribution in [0.15, 0.2) is 12.1 Å². The summed E-state index contributed by atoms with van der Waals surface area (Å²) in [6, 6.07) is 1.40. The van der Waals surface area contributed by atoms with Crippen molar-refractivity contribution in [3.05, 3.63) is 34.6 Å². The molecule has 0 aliphatic carbocycles. The van der Waals surface area contributed by atoms with Gasteiger partial charge in [-0.15, -0.1) is 0 Å². The van der Waals surface area contributed by atoms with Gasteiger partial charge in [-0.2, -0.15) is 0 Å². The zero-order valence-electron chi connectivity index (χ0n) is 13.6. The maximum atomic E-state index is 14.3. The van der Waals surface area contributed by atoms with Crippen molar-refractivity contribution in [1.29, 1.82) is 0 Å². The van der Waals surface area contributed by atoms with Crippen LogP contribution in [-0.4, -0.2) is 34.6 Å². The fraction of sp³-hybridized carbons (Fsp3) is 0.412. The number of nitrogens with one attached hydrogen (secondary N) is 1. The number of carbonyl (C=O) groups is 4. The molecule has 1 saturated heterocycles. The SMILES string of the molecule is CC(C)(C)c1cc2c(cc1F)C(=O)N([C@H]1CCC(=O)NC1=O)C2=O. The molecule has 1 N–H and O–H groups in total. The smallest absolute Gasteiger partial charge is 0.262 e. The fourth-order valence-corrected chi connectivity index (χ4v) is 3.07. The van der Waals surface area contributed by atoms with Crippen molar-refractivity contribution in [2.75, 3.05) is 0 Å². The number of carbonyl (C=O) groups excluding carboxylic acids is 4. The molecule has 0 unspecified atom stereocenters. The molecule has 6 nitrogen and oxygen atoms in total. The highest BCUT2D eigenvalue weighted by atomic mass is 19.1. The Labute approximate surface area is 138 Å². The summed E-state index contributed by atoms with van der Waals surface area (Å²) < 4.78 is 14.3. The molecule has 7 heteroatoms. The third kappa shape index (κ3) is 2.40. The topological polar surface area (TPSA) is 83.6 Å². The summed E-state index contributed by atoms with van der Waals surface area (Å²) in [4.78, 5) is 49.2. The second kappa shape index (κ2) is 5.22. The van der Waals surface area contributed by atoms with Crippen molar-refractivity contribution >= 4 is 23.6 Å². The molecule has 0 spiro atoms. The summed E-state index contributed by atoms with van der Waals surface area (Å²) >= 11 is 0. The van der Waals surface area contributed by atoms with E-state index >= 15 is 0 Å². The van der Waals surface area contributed by atoms with Crippen LogP contribution in [-0.2, 0) is 15.0 Å². The van der Waals surface area contributed by atoms with Crippen LogP contribution >= 0.6 is 0 Å². The van der Waals surface area contributed by atoms with Gasteiger partial charge in [-0.25, -0.2) is 4.39 Å². The molecule has 1 atom stereocenters. The summed E-state index contributed by atoms with van der Waals surface area (Å²) in [5, 5.41) is 2.12. The molecule has 1 aromatic rings. The Balaban J connectivity index is 2.03. The van der Waals surface area contributed by atoms with Gasteiger partial charge >= 0.3 is 0 Å². The van der Waals surface area contributed by atoms with E-state index in [1.165, 1.54) is 6.07 Å². The highest BCUT2D eigenvalue weighted by Crippen LogP contribution is 2.33. The van der Waals surface area contributed by atoms with Crippen molar-refractivity contribution in [1.82, 2.24) is 10.2 Å². The van der Waals surface area contributed by atoms with Crippen LogP contribution in [0.5, 0.6) is 0 Å². The van der Waals surface area contributed by atoms with Gasteiger partial charge < -0.3 is 0 Å². The van der Waals surface area contributed by atoms with E-state index in [1.807, 2.05) is 0 Å². The molecule has 2 aliphatic heterocycles. The highest BCUT2D eigenvalue weighted by molar-refractivity contribution is 6.23. The van der Waals surface area contributed by atoms with Gasteiger partial charge in [0.05, 0.1) is 11.1 Å². The molecular weight excluding hydrogens is 315 g/mol. The van der Waals surface area contributed by atoms with Gasteiger partial charge in [0.1, 0.15) is 11.9 Å². The molecule has 0 bridgehead atoms. The molecule has 2 aliphatic rings. The first-order valence-electron chi connectivity index (χ1n) is 7.67. The van der Waals surface area contributed by atoms with Gasteiger partial charge in [-0.1, -0.05) is 20.8 Å². The van der Waals surface area contributed by atoms with Gasteiger partial charge in [0.25, 0.3) is 11.8 Å². The highest BCUT2D eigenvalue weighted by Gasteiger charge is 2.45. The van der Waals surface area contributed by atoms with E-state index in [2.05, 4.69) is 5.32 Å². The number of benzene rings is 1. The fourth-order valence-electron chi connectivity index (χ4n) is 3.07. The predicted molar refractivity (Wildman–Crippen MR) is 81.8 cm³/mol. The largest absolute Gasteiger partial charge is 0.295 e. The standard InChI is InChI=1S/C17H17FN2O4/c1-17(2,3)10-6-8-9(7-11(10)18)16(24)20(15(8)23)12-4-5-13(21)19-14(12)22/h6-7,12H,4-5H2,1-3H3,(H,19,21,22)/t12-/m0/s1. The van der Waals surface area contributed by atoms with Crippen LogP contribution in [0.4, 0.5) is 4.39 Å². The van der Waals surface area contributed by atoms with Crippen molar-refractivity contribution < 1.29 is 23.6 Å². The Bertz CT molecular complexity index is 795. The second-order valence-corrected chi connectivity index (χ2v) is 7.07. The lowest BCUT2D eigenvalue weighted by molar-refractivity contribution is -0.136. The lowest BCUT2D eigenvalue weighted by atomic mass is 9.85. The van der Waals surface area contributed by atoms with Gasteiger partial charge in [-0.3, -0.25) is 29.4 Å². The lowest BCUT2D eigenvalue weighted by Crippen LogP contribution is -2.54. The number of hydrogen-bond donors (Lipinski definition) is 1. The number of halogens is 1. The Morgan fingerprint density at radius 3 is 2.21 bits per heavy atom. The molecule has 1 aromatic carbocycles. The van der Waals surface area contributed by atoms with E-state index in [0.29, 0.717) is 5.56 Å². The third-order valence-electron chi connectivity index (χ3n) is 4.34. The molecule has 2 heterocycles. The van der Waals surface area contributed by atoms with E-state index in [-0.39, 0.29) is 24.0 Å². The Kier molecular flexibility index (Phi) is 3.55. The molecule has 0 aromatic heterocycles. The third-order valence-corrected chi connectivity index (χ3v) is 4.34. The molecular formula is C17H17FN2O4. The van der Waals surface area contributed by atoms with Crippen LogP contribution < -0.4 is 5.32 Å². The van der Waals surface area contributed by atoms with E-state index in [1.54, 1.807) is 20.8 Å². The molecule has 0 radical (unpaired) electrons. The molecule has 1 fully saturated rings. The average molecular weight is 332 g/mol. The predicted octanol–water partition coefficient (Wildman–Crippen LogP) is 1.52. The maximum absolute atomic E-state index is 14.3. The molecule has 0 saturated carbocycles. The van der Waals surface area contributed by atoms with Gasteiger partial charge in [-0.05, 0) is 29.5 Å². The van der Waals surface area contributed by atoms with Crippen LogP contribution in [0, 0.1) is 5.82 Å². The summed E-state index contributed by atoms with van der Waals surface area (Å²) in [6.07, 6.45) is 0.121. The normalized spacial score (nSPS) is 21.2. The lowest BCUT2D eigenvalue weighted by Gasteiger charge is -2.27. The number of amides is 4. The molecule has 4 amide bonds. The van der Waals surface area contributed by atoms with E-state index in [0.717, 1.165) is 11.0 Å². The molecule has 126 valence electrons. The Hall–Kier alpha value is -2.57. The molecule has 3 rings (SSSR count). The minimum atomic E-state index is -1.05. The zero-order chi connectivity index (χ0) is 17.8. The summed E-state index contributed by atoms with van der Waals surface area (Å²) in [7, 11) is 0. The summed E-state index contributed by atoms with van der Waals surface area (Å²) in [6.45, 7) is 5.41. The van der Waals surface area contributed by atoms with Crippen LogP contribution in [0.2, 0.25) is 0 Å². The summed E-state index contributed by atoms with van der Waals surface area (Å²) in [5.74, 6) is -3.02. The van der Waals surface area contributed by atoms with Crippen LogP contribution in [0.1, 0.15) is 59.9 Å². The first-order valence-corrected chi connectivity index (χ1v) is 7.67. The van der Waals surface area contributed by atoms with E-state index in [9.17, 15) is 23.6 Å². The maximum Gasteiger partial charge on any atom is 0.262 e. The number of rotatable bonds is 1. The molecule has 24 heavy (non-hydrogen) atoms. The van der Waals surface area contributed by atoms with E-state index < -0.39 is 40.9 Å². The van der Waals surface area contributed by atoms with Crippen molar-refractivity contribution in [2.45, 2.75) is 45.1 Å². The quantitative estimate of drug-likeness (QED) is 0.791. The van der Waals surface area contributed by atoms with Crippen LogP contribution in [0.25, 0.3) is 0 Å². The van der Waals surface area contributed by atoms with Gasteiger partial charge in [0.15, 0.2) is 0 Å². The van der Waals surface area contributed by atoms with E-state index in [4.69, 9.17) is 0 Å². The minimum absolute atomic E-state index is 0.0461. The van der Waals surface area contributed by atoms with Crippen LogP contribution in [0.3, 0.4) is 0 Å². The van der Waals surface area contributed by atoms with Gasteiger partial charge in [0.2, 0.25) is 11.8 Å². The number of hydrogen-bond acceptors (Lipinski definition) is 4. The first-order chi connectivity index (χ1) is 11.1. The van der Waals surface area contributed by atoms with Crippen molar-refractivity contribution in [2.24, 2.45) is 0 Å². The monoisotopic (exact) mass is 332 g/mol.